The normalized spacial score (nSPS) is 24.5. The lowest BCUT2D eigenvalue weighted by atomic mass is 9.79. The largest absolute Gasteiger partial charge is 0.491 e. The van der Waals surface area contributed by atoms with Crippen LogP contribution in [-0.2, 0) is 0 Å². The zero-order chi connectivity index (χ0) is 13.3. The van der Waals surface area contributed by atoms with E-state index in [-0.39, 0.29) is 18.6 Å². The highest BCUT2D eigenvalue weighted by Crippen LogP contribution is 2.31. The van der Waals surface area contributed by atoms with Gasteiger partial charge in [-0.3, -0.25) is 0 Å². The summed E-state index contributed by atoms with van der Waals surface area (Å²) < 4.78 is 6.72. The number of aliphatic hydroxyl groups excluding tert-OH is 2. The number of halogens is 1. The fraction of sp³-hybridized carbons (Fsp3) is 0.571. The van der Waals surface area contributed by atoms with Crippen molar-refractivity contribution < 1.29 is 14.9 Å². The highest BCUT2D eigenvalue weighted by atomic mass is 79.9. The topological polar surface area (TPSA) is 49.7 Å². The van der Waals surface area contributed by atoms with Crippen LogP contribution in [0.3, 0.4) is 0 Å². The Morgan fingerprint density at radius 3 is 2.39 bits per heavy atom. The zero-order valence-corrected chi connectivity index (χ0v) is 12.3. The quantitative estimate of drug-likeness (QED) is 0.898. The van der Waals surface area contributed by atoms with Crippen molar-refractivity contribution in [1.29, 1.82) is 0 Å². The fourth-order valence-electron chi connectivity index (χ4n) is 2.25. The van der Waals surface area contributed by atoms with Crippen molar-refractivity contribution >= 4 is 15.9 Å². The van der Waals surface area contributed by atoms with Crippen LogP contribution < -0.4 is 4.74 Å². The lowest BCUT2D eigenvalue weighted by molar-refractivity contribution is -0.0432. The molecule has 18 heavy (non-hydrogen) atoms. The van der Waals surface area contributed by atoms with Gasteiger partial charge in [0.05, 0.1) is 12.2 Å². The molecule has 0 aromatic heterocycles. The summed E-state index contributed by atoms with van der Waals surface area (Å²) in [7, 11) is 0. The van der Waals surface area contributed by atoms with E-state index in [0.29, 0.717) is 12.8 Å². The molecule has 1 fully saturated rings. The molecule has 1 saturated carbocycles. The molecule has 1 unspecified atom stereocenters. The van der Waals surface area contributed by atoms with Gasteiger partial charge in [0.15, 0.2) is 0 Å². The predicted octanol–water partition coefficient (Wildman–Crippen LogP) is 2.58. The average Bonchev–Trinajstić information content (AvgIpc) is 2.28. The third-order valence-corrected chi connectivity index (χ3v) is 4.78. The monoisotopic (exact) mass is 314 g/mol. The molecule has 0 amide bonds. The minimum absolute atomic E-state index is 0.178. The second-order valence-electron chi connectivity index (χ2n) is 5.13. The van der Waals surface area contributed by atoms with E-state index in [4.69, 9.17) is 4.74 Å². The Kier molecular flexibility index (Phi) is 4.30. The molecule has 0 saturated heterocycles. The molecule has 1 aliphatic carbocycles. The fourth-order valence-corrected chi connectivity index (χ4v) is 2.48. The van der Waals surface area contributed by atoms with Crippen LogP contribution in [0, 0.1) is 19.8 Å². The maximum atomic E-state index is 9.90. The maximum absolute atomic E-state index is 9.90. The molecule has 1 aromatic carbocycles. The highest BCUT2D eigenvalue weighted by Gasteiger charge is 2.33. The summed E-state index contributed by atoms with van der Waals surface area (Å²) in [4.78, 5) is 0. The minimum atomic E-state index is -0.488. The standard InChI is InChI=1S/C14H19BrO3/c1-8-3-12(4-9(2)14(8)15)18-7-13(17)10-5-11(16)6-10/h3-4,10-11,13,16-17H,5-7H2,1-2H3. The third-order valence-electron chi connectivity index (χ3n) is 3.52. The molecule has 2 N–H and O–H groups in total. The molecule has 0 aliphatic heterocycles. The molecule has 1 aromatic rings. The molecule has 1 atom stereocenters. The highest BCUT2D eigenvalue weighted by molar-refractivity contribution is 9.10. The number of ether oxygens (including phenoxy) is 1. The molecular formula is C14H19BrO3. The van der Waals surface area contributed by atoms with E-state index in [0.717, 1.165) is 21.3 Å². The van der Waals surface area contributed by atoms with Crippen LogP contribution in [0.25, 0.3) is 0 Å². The summed E-state index contributed by atoms with van der Waals surface area (Å²) in [6.07, 6.45) is 0.644. The molecule has 1 aliphatic rings. The second-order valence-corrected chi connectivity index (χ2v) is 5.93. The summed E-state index contributed by atoms with van der Waals surface area (Å²) >= 11 is 3.51. The predicted molar refractivity (Wildman–Crippen MR) is 73.8 cm³/mol. The smallest absolute Gasteiger partial charge is 0.120 e. The Hall–Kier alpha value is -0.580. The first-order valence-electron chi connectivity index (χ1n) is 6.23. The minimum Gasteiger partial charge on any atom is -0.491 e. The summed E-state index contributed by atoms with van der Waals surface area (Å²) in [5.41, 5.74) is 2.25. The van der Waals surface area contributed by atoms with Crippen LogP contribution in [0.5, 0.6) is 5.75 Å². The summed E-state index contributed by atoms with van der Waals surface area (Å²) in [5.74, 6) is 0.963. The van der Waals surface area contributed by atoms with Crippen molar-refractivity contribution in [2.45, 2.75) is 38.9 Å². The molecular weight excluding hydrogens is 296 g/mol. The van der Waals surface area contributed by atoms with E-state index in [2.05, 4.69) is 15.9 Å². The summed E-state index contributed by atoms with van der Waals surface area (Å²) in [5, 5.41) is 19.1. The Morgan fingerprint density at radius 2 is 1.89 bits per heavy atom. The second kappa shape index (κ2) is 5.59. The van der Waals surface area contributed by atoms with Gasteiger partial charge in [-0.05, 0) is 55.9 Å². The third kappa shape index (κ3) is 3.05. The number of hydrogen-bond acceptors (Lipinski definition) is 3. The van der Waals surface area contributed by atoms with E-state index in [1.54, 1.807) is 0 Å². The lowest BCUT2D eigenvalue weighted by Crippen LogP contribution is -2.39. The van der Waals surface area contributed by atoms with Crippen LogP contribution in [0.2, 0.25) is 0 Å². The lowest BCUT2D eigenvalue weighted by Gasteiger charge is -2.34. The van der Waals surface area contributed by atoms with Crippen molar-refractivity contribution in [3.8, 4) is 5.75 Å². The molecule has 0 bridgehead atoms. The summed E-state index contributed by atoms with van der Waals surface area (Å²) in [6.45, 7) is 4.32. The van der Waals surface area contributed by atoms with Crippen LogP contribution in [-0.4, -0.2) is 29.0 Å². The first-order chi connectivity index (χ1) is 8.47. The van der Waals surface area contributed by atoms with Gasteiger partial charge in [-0.15, -0.1) is 0 Å². The van der Waals surface area contributed by atoms with Crippen molar-refractivity contribution in [2.75, 3.05) is 6.61 Å². The Labute approximate surface area is 116 Å². The molecule has 2 rings (SSSR count). The molecule has 100 valence electrons. The molecule has 3 nitrogen and oxygen atoms in total. The van der Waals surface area contributed by atoms with Gasteiger partial charge in [0, 0.05) is 4.47 Å². The van der Waals surface area contributed by atoms with E-state index in [1.165, 1.54) is 0 Å². The Morgan fingerprint density at radius 1 is 1.33 bits per heavy atom. The molecule has 0 heterocycles. The van der Waals surface area contributed by atoms with Gasteiger partial charge in [-0.1, -0.05) is 15.9 Å². The van der Waals surface area contributed by atoms with Gasteiger partial charge in [0.2, 0.25) is 0 Å². The van der Waals surface area contributed by atoms with Gasteiger partial charge in [-0.2, -0.15) is 0 Å². The number of aryl methyl sites for hydroxylation is 2. The average molecular weight is 315 g/mol. The molecule has 4 heteroatoms. The van der Waals surface area contributed by atoms with Crippen LogP contribution in [0.1, 0.15) is 24.0 Å². The number of hydrogen-bond donors (Lipinski definition) is 2. The molecule has 0 spiro atoms. The maximum Gasteiger partial charge on any atom is 0.120 e. The first-order valence-corrected chi connectivity index (χ1v) is 7.02. The first kappa shape index (κ1) is 13.8. The number of aliphatic hydroxyl groups is 2. The van der Waals surface area contributed by atoms with Gasteiger partial charge in [0.1, 0.15) is 12.4 Å². The van der Waals surface area contributed by atoms with Gasteiger partial charge >= 0.3 is 0 Å². The van der Waals surface area contributed by atoms with Crippen LogP contribution >= 0.6 is 15.9 Å². The van der Waals surface area contributed by atoms with Gasteiger partial charge < -0.3 is 14.9 Å². The van der Waals surface area contributed by atoms with Crippen LogP contribution in [0.4, 0.5) is 0 Å². The Bertz CT molecular complexity index is 404. The summed E-state index contributed by atoms with van der Waals surface area (Å²) in [6, 6.07) is 3.92. The van der Waals surface area contributed by atoms with E-state index >= 15 is 0 Å². The molecule has 0 radical (unpaired) electrons. The van der Waals surface area contributed by atoms with E-state index in [9.17, 15) is 10.2 Å². The van der Waals surface area contributed by atoms with Crippen molar-refractivity contribution in [3.63, 3.8) is 0 Å². The SMILES string of the molecule is Cc1cc(OCC(O)C2CC(O)C2)cc(C)c1Br. The van der Waals surface area contributed by atoms with Gasteiger partial charge in [0.25, 0.3) is 0 Å². The van der Waals surface area contributed by atoms with Crippen molar-refractivity contribution in [3.05, 3.63) is 27.7 Å². The number of rotatable bonds is 4. The number of benzene rings is 1. The van der Waals surface area contributed by atoms with E-state index in [1.807, 2.05) is 26.0 Å². The van der Waals surface area contributed by atoms with Gasteiger partial charge in [-0.25, -0.2) is 0 Å². The van der Waals surface area contributed by atoms with E-state index < -0.39 is 6.10 Å². The zero-order valence-electron chi connectivity index (χ0n) is 10.7. The Balaban J connectivity index is 1.90. The van der Waals surface area contributed by atoms with Crippen molar-refractivity contribution in [1.82, 2.24) is 0 Å². The van der Waals surface area contributed by atoms with Crippen molar-refractivity contribution in [2.24, 2.45) is 5.92 Å². The van der Waals surface area contributed by atoms with Crippen LogP contribution in [0.15, 0.2) is 16.6 Å².